The smallest absolute Gasteiger partial charge is 0.352 e. The summed E-state index contributed by atoms with van der Waals surface area (Å²) in [5.74, 6) is -1.70. The molecule has 0 aliphatic carbocycles. The first-order valence-corrected chi connectivity index (χ1v) is 7.36. The number of carbonyl (C=O) groups excluding carboxylic acids is 1. The molecule has 2 aromatic rings. The number of hydrogen-bond donors (Lipinski definition) is 2. The second-order valence-corrected chi connectivity index (χ2v) is 4.89. The number of carbonyl (C=O) groups is 2. The van der Waals surface area contributed by atoms with E-state index in [1.54, 1.807) is 18.2 Å². The third-order valence-corrected chi connectivity index (χ3v) is 3.07. The number of rotatable bonds is 6. The van der Waals surface area contributed by atoms with Crippen molar-refractivity contribution in [2.45, 2.75) is 0 Å². The van der Waals surface area contributed by atoms with Crippen molar-refractivity contribution >= 4 is 24.0 Å². The molecule has 120 valence electrons. The van der Waals surface area contributed by atoms with Crippen LogP contribution in [0.2, 0.25) is 0 Å². The van der Waals surface area contributed by atoms with Gasteiger partial charge in [0.25, 0.3) is 0 Å². The van der Waals surface area contributed by atoms with Crippen LogP contribution >= 0.6 is 0 Å². The van der Waals surface area contributed by atoms with Crippen molar-refractivity contribution in [3.8, 4) is 0 Å². The Hall–Kier alpha value is -3.40. The number of carboxylic acid groups (broad SMARTS) is 1. The first-order chi connectivity index (χ1) is 11.6. The lowest BCUT2D eigenvalue weighted by Crippen LogP contribution is -2.25. The van der Waals surface area contributed by atoms with Crippen LogP contribution in [-0.2, 0) is 9.59 Å². The van der Waals surface area contributed by atoms with Crippen LogP contribution in [-0.4, -0.2) is 17.0 Å². The van der Waals surface area contributed by atoms with Crippen LogP contribution < -0.4 is 5.32 Å². The molecule has 0 heterocycles. The van der Waals surface area contributed by atoms with E-state index in [2.05, 4.69) is 5.32 Å². The van der Waals surface area contributed by atoms with Gasteiger partial charge in [0, 0.05) is 6.08 Å². The van der Waals surface area contributed by atoms with Gasteiger partial charge in [0.1, 0.15) is 5.70 Å². The largest absolute Gasteiger partial charge is 0.477 e. The first kappa shape index (κ1) is 17.0. The van der Waals surface area contributed by atoms with E-state index >= 15 is 0 Å². The number of nitrogens with one attached hydrogen (secondary N) is 1. The summed E-state index contributed by atoms with van der Waals surface area (Å²) in [6.07, 6.45) is 7.61. The molecule has 0 saturated heterocycles. The van der Waals surface area contributed by atoms with Gasteiger partial charge in [-0.15, -0.1) is 0 Å². The molecule has 4 nitrogen and oxygen atoms in total. The molecule has 2 N–H and O–H groups in total. The van der Waals surface area contributed by atoms with E-state index in [0.717, 1.165) is 11.1 Å². The van der Waals surface area contributed by atoms with Gasteiger partial charge >= 0.3 is 5.97 Å². The normalized spacial score (nSPS) is 11.8. The van der Waals surface area contributed by atoms with Crippen LogP contribution in [0.1, 0.15) is 11.1 Å². The molecule has 24 heavy (non-hydrogen) atoms. The van der Waals surface area contributed by atoms with Crippen LogP contribution in [0.5, 0.6) is 0 Å². The van der Waals surface area contributed by atoms with Gasteiger partial charge in [-0.25, -0.2) is 4.79 Å². The van der Waals surface area contributed by atoms with Crippen molar-refractivity contribution in [1.82, 2.24) is 5.32 Å². The minimum Gasteiger partial charge on any atom is -0.477 e. The fourth-order valence-electron chi connectivity index (χ4n) is 1.90. The third-order valence-electron chi connectivity index (χ3n) is 3.07. The molecule has 0 aromatic heterocycles. The minimum atomic E-state index is -1.20. The standard InChI is InChI=1S/C20H17NO3/c22-19(15-14-17-10-5-2-6-11-17)21-18(20(23)24)13-7-12-16-8-3-1-4-9-16/h1-15H,(H,21,22)(H,23,24)/b12-7+,15-14+,18-13-. The highest BCUT2D eigenvalue weighted by molar-refractivity contribution is 5.99. The van der Waals surface area contributed by atoms with Gasteiger partial charge in [-0.2, -0.15) is 0 Å². The maximum atomic E-state index is 11.8. The van der Waals surface area contributed by atoms with Gasteiger partial charge in [0.05, 0.1) is 0 Å². The van der Waals surface area contributed by atoms with Gasteiger partial charge in [-0.3, -0.25) is 4.79 Å². The minimum absolute atomic E-state index is 0.190. The summed E-state index contributed by atoms with van der Waals surface area (Å²) in [6, 6.07) is 18.7. The Kier molecular flexibility index (Phi) is 6.29. The topological polar surface area (TPSA) is 66.4 Å². The second-order valence-electron chi connectivity index (χ2n) is 4.89. The Morgan fingerprint density at radius 1 is 0.833 bits per heavy atom. The molecule has 0 aliphatic rings. The third kappa shape index (κ3) is 5.77. The summed E-state index contributed by atoms with van der Waals surface area (Å²) >= 11 is 0. The lowest BCUT2D eigenvalue weighted by atomic mass is 10.2. The number of benzene rings is 2. The van der Waals surface area contributed by atoms with Crippen LogP contribution in [0, 0.1) is 0 Å². The second kappa shape index (κ2) is 8.90. The summed E-state index contributed by atoms with van der Waals surface area (Å²) in [4.78, 5) is 23.0. The Labute approximate surface area is 140 Å². The van der Waals surface area contributed by atoms with E-state index in [1.165, 1.54) is 12.2 Å². The van der Waals surface area contributed by atoms with E-state index in [-0.39, 0.29) is 5.70 Å². The van der Waals surface area contributed by atoms with Crippen molar-refractivity contribution in [3.63, 3.8) is 0 Å². The lowest BCUT2D eigenvalue weighted by molar-refractivity contribution is -0.134. The van der Waals surface area contributed by atoms with Crippen LogP contribution in [0.4, 0.5) is 0 Å². The molecule has 2 aromatic carbocycles. The average molecular weight is 319 g/mol. The monoisotopic (exact) mass is 319 g/mol. The molecule has 0 saturated carbocycles. The molecule has 0 spiro atoms. The summed E-state index contributed by atoms with van der Waals surface area (Å²) < 4.78 is 0. The predicted octanol–water partition coefficient (Wildman–Crippen LogP) is 3.50. The highest BCUT2D eigenvalue weighted by Gasteiger charge is 2.08. The first-order valence-electron chi connectivity index (χ1n) is 7.36. The summed E-state index contributed by atoms with van der Waals surface area (Å²) in [7, 11) is 0. The molecular formula is C20H17NO3. The van der Waals surface area contributed by atoms with Crippen molar-refractivity contribution in [2.75, 3.05) is 0 Å². The number of amides is 1. The quantitative estimate of drug-likeness (QED) is 0.632. The molecule has 0 atom stereocenters. The van der Waals surface area contributed by atoms with Crippen molar-refractivity contribution in [3.05, 3.63) is 95.7 Å². The number of hydrogen-bond acceptors (Lipinski definition) is 2. The Bertz CT molecular complexity index is 775. The zero-order valence-electron chi connectivity index (χ0n) is 12.9. The maximum Gasteiger partial charge on any atom is 0.352 e. The summed E-state index contributed by atoms with van der Waals surface area (Å²) in [6.45, 7) is 0. The van der Waals surface area contributed by atoms with E-state index < -0.39 is 11.9 Å². The summed E-state index contributed by atoms with van der Waals surface area (Å²) in [5, 5.41) is 11.5. The maximum absolute atomic E-state index is 11.8. The van der Waals surface area contributed by atoms with Gasteiger partial charge in [-0.1, -0.05) is 72.8 Å². The van der Waals surface area contributed by atoms with Gasteiger partial charge in [-0.05, 0) is 23.3 Å². The van der Waals surface area contributed by atoms with E-state index in [1.807, 2.05) is 60.7 Å². The van der Waals surface area contributed by atoms with E-state index in [4.69, 9.17) is 5.11 Å². The number of carboxylic acids is 1. The Morgan fingerprint density at radius 3 is 1.92 bits per heavy atom. The molecule has 0 unspecified atom stereocenters. The lowest BCUT2D eigenvalue weighted by Gasteiger charge is -2.01. The number of allylic oxidation sites excluding steroid dienone is 2. The zero-order chi connectivity index (χ0) is 17.2. The zero-order valence-corrected chi connectivity index (χ0v) is 12.9. The molecule has 0 radical (unpaired) electrons. The van der Waals surface area contributed by atoms with E-state index in [9.17, 15) is 9.59 Å². The van der Waals surface area contributed by atoms with Gasteiger partial charge in [0.2, 0.25) is 5.91 Å². The van der Waals surface area contributed by atoms with Gasteiger partial charge < -0.3 is 10.4 Å². The van der Waals surface area contributed by atoms with Crippen LogP contribution in [0.25, 0.3) is 12.2 Å². The average Bonchev–Trinajstić information content (AvgIpc) is 2.61. The highest BCUT2D eigenvalue weighted by atomic mass is 16.4. The Morgan fingerprint density at radius 2 is 1.38 bits per heavy atom. The van der Waals surface area contributed by atoms with Crippen molar-refractivity contribution in [1.29, 1.82) is 0 Å². The van der Waals surface area contributed by atoms with Crippen molar-refractivity contribution in [2.24, 2.45) is 0 Å². The number of aliphatic carboxylic acids is 1. The molecule has 4 heteroatoms. The SMILES string of the molecule is O=C(/C=C/c1ccccc1)N/C(=C\C=C\c1ccccc1)C(=O)O. The van der Waals surface area contributed by atoms with Crippen molar-refractivity contribution < 1.29 is 14.7 Å². The molecule has 0 aliphatic heterocycles. The molecule has 1 amide bonds. The highest BCUT2D eigenvalue weighted by Crippen LogP contribution is 2.03. The molecular weight excluding hydrogens is 302 g/mol. The molecule has 0 fully saturated rings. The molecule has 2 rings (SSSR count). The fourth-order valence-corrected chi connectivity index (χ4v) is 1.90. The predicted molar refractivity (Wildman–Crippen MR) is 94.8 cm³/mol. The van der Waals surface area contributed by atoms with E-state index in [0.29, 0.717) is 0 Å². The van der Waals surface area contributed by atoms with Crippen LogP contribution in [0.3, 0.4) is 0 Å². The molecule has 0 bridgehead atoms. The Balaban J connectivity index is 2.01. The fraction of sp³-hybridized carbons (Fsp3) is 0. The summed E-state index contributed by atoms with van der Waals surface area (Å²) in [5.41, 5.74) is 1.61. The van der Waals surface area contributed by atoms with Crippen LogP contribution in [0.15, 0.2) is 84.6 Å². The van der Waals surface area contributed by atoms with Gasteiger partial charge in [0.15, 0.2) is 0 Å².